The van der Waals surface area contributed by atoms with Crippen LogP contribution >= 0.6 is 0 Å². The summed E-state index contributed by atoms with van der Waals surface area (Å²) in [5.41, 5.74) is -1.07. The minimum absolute atomic E-state index is 0.0915. The van der Waals surface area contributed by atoms with Gasteiger partial charge in [0, 0.05) is 12.8 Å². The van der Waals surface area contributed by atoms with Crippen molar-refractivity contribution in [1.82, 2.24) is 4.90 Å². The number of unbranched alkanes of at least 4 members (excludes halogenated alkanes) is 23. The zero-order valence-electron chi connectivity index (χ0n) is 28.9. The Morgan fingerprint density at radius 3 is 1.10 bits per heavy atom. The summed E-state index contributed by atoms with van der Waals surface area (Å²) >= 11 is 0. The van der Waals surface area contributed by atoms with Gasteiger partial charge in [0.05, 0.1) is 12.1 Å². The number of hydrogen-bond donors (Lipinski definition) is 1. The summed E-state index contributed by atoms with van der Waals surface area (Å²) in [5.74, 6) is -0.229. The van der Waals surface area contributed by atoms with E-state index in [9.17, 15) is 14.7 Å². The zero-order chi connectivity index (χ0) is 31.2. The van der Waals surface area contributed by atoms with E-state index in [0.29, 0.717) is 12.8 Å². The van der Waals surface area contributed by atoms with Gasteiger partial charge < -0.3 is 5.11 Å². The van der Waals surface area contributed by atoms with Crippen molar-refractivity contribution < 1.29 is 14.7 Å². The van der Waals surface area contributed by atoms with E-state index in [0.717, 1.165) is 44.9 Å². The van der Waals surface area contributed by atoms with Crippen LogP contribution in [-0.2, 0) is 9.59 Å². The van der Waals surface area contributed by atoms with Crippen LogP contribution in [0.15, 0.2) is 12.2 Å². The molecule has 1 N–H and O–H groups in total. The number of aliphatic hydroxyl groups is 1. The lowest BCUT2D eigenvalue weighted by Gasteiger charge is -2.28. The maximum absolute atomic E-state index is 12.9. The average molecular weight is 592 g/mol. The SMILES string of the molecule is CCCCCCCC/C=C\CCCCCCCC(=O)N(CC(C)(C)O)C(=O)CCCCCCCCCCCCCCC. The molecule has 0 radical (unpaired) electrons. The highest BCUT2D eigenvalue weighted by Gasteiger charge is 2.27. The smallest absolute Gasteiger partial charge is 0.229 e. The van der Waals surface area contributed by atoms with Gasteiger partial charge in [0.15, 0.2) is 0 Å². The molecule has 0 aromatic rings. The molecule has 0 aromatic carbocycles. The van der Waals surface area contributed by atoms with Gasteiger partial charge in [-0.15, -0.1) is 0 Å². The van der Waals surface area contributed by atoms with Crippen LogP contribution < -0.4 is 0 Å². The minimum atomic E-state index is -1.07. The normalized spacial score (nSPS) is 11.9. The van der Waals surface area contributed by atoms with E-state index in [2.05, 4.69) is 26.0 Å². The van der Waals surface area contributed by atoms with Gasteiger partial charge in [-0.05, 0) is 52.4 Å². The second-order valence-electron chi connectivity index (χ2n) is 13.5. The van der Waals surface area contributed by atoms with Crippen molar-refractivity contribution in [2.45, 2.75) is 213 Å². The van der Waals surface area contributed by atoms with Crippen molar-refractivity contribution >= 4 is 11.8 Å². The third-order valence-corrected chi connectivity index (χ3v) is 8.29. The molecule has 42 heavy (non-hydrogen) atoms. The second kappa shape index (κ2) is 29.9. The fourth-order valence-electron chi connectivity index (χ4n) is 5.61. The van der Waals surface area contributed by atoms with Gasteiger partial charge in [-0.3, -0.25) is 14.5 Å². The summed E-state index contributed by atoms with van der Waals surface area (Å²) in [4.78, 5) is 27.2. The Hall–Kier alpha value is -1.16. The monoisotopic (exact) mass is 592 g/mol. The molecule has 0 fully saturated rings. The van der Waals surface area contributed by atoms with Gasteiger partial charge in [0.1, 0.15) is 0 Å². The number of imide groups is 1. The predicted molar refractivity (Wildman–Crippen MR) is 183 cm³/mol. The molecule has 248 valence electrons. The summed E-state index contributed by atoms with van der Waals surface area (Å²) in [6.07, 6.45) is 37.9. The lowest BCUT2D eigenvalue weighted by atomic mass is 10.0. The highest BCUT2D eigenvalue weighted by molar-refractivity contribution is 5.95. The van der Waals surface area contributed by atoms with Crippen molar-refractivity contribution in [2.75, 3.05) is 6.54 Å². The van der Waals surface area contributed by atoms with E-state index in [1.165, 1.54) is 127 Å². The first kappa shape index (κ1) is 40.8. The molecule has 0 bridgehead atoms. The predicted octanol–water partition coefficient (Wildman–Crippen LogP) is 11.6. The molecule has 0 atom stereocenters. The van der Waals surface area contributed by atoms with Crippen molar-refractivity contribution in [3.63, 3.8) is 0 Å². The van der Waals surface area contributed by atoms with Crippen LogP contribution in [0.5, 0.6) is 0 Å². The van der Waals surface area contributed by atoms with Crippen LogP contribution in [0.2, 0.25) is 0 Å². The zero-order valence-corrected chi connectivity index (χ0v) is 28.9. The van der Waals surface area contributed by atoms with Crippen LogP contribution in [0.1, 0.15) is 207 Å². The van der Waals surface area contributed by atoms with Gasteiger partial charge in [-0.1, -0.05) is 154 Å². The third-order valence-electron chi connectivity index (χ3n) is 8.29. The maximum atomic E-state index is 12.9. The molecule has 0 rings (SSSR count). The Morgan fingerprint density at radius 1 is 0.500 bits per heavy atom. The first-order valence-corrected chi connectivity index (χ1v) is 18.5. The Bertz CT molecular complexity index is 637. The number of carbonyl (C=O) groups excluding carboxylic acids is 2. The van der Waals surface area contributed by atoms with Crippen molar-refractivity contribution in [3.05, 3.63) is 12.2 Å². The van der Waals surface area contributed by atoms with E-state index < -0.39 is 5.60 Å². The molecule has 4 heteroatoms. The highest BCUT2D eigenvalue weighted by Crippen LogP contribution is 2.16. The molecule has 0 aliphatic carbocycles. The van der Waals surface area contributed by atoms with E-state index >= 15 is 0 Å². The Labute approximate surface area is 262 Å². The molecule has 2 amide bonds. The molecular weight excluding hydrogens is 518 g/mol. The molecule has 0 saturated carbocycles. The standard InChI is InChI=1S/C38H73NO3/c1-5-7-9-11-13-15-17-19-20-22-24-26-28-30-32-34-37(41)39(35-38(3,4)42)36(40)33-31-29-27-25-23-21-18-16-14-12-10-8-6-2/h19-20,42H,5-18,21-35H2,1-4H3/b20-19-. The molecule has 0 aliphatic heterocycles. The van der Waals surface area contributed by atoms with Crippen molar-refractivity contribution in [3.8, 4) is 0 Å². The molecule has 0 saturated heterocycles. The average Bonchev–Trinajstić information content (AvgIpc) is 2.95. The summed E-state index contributed by atoms with van der Waals surface area (Å²) in [6, 6.07) is 0. The quantitative estimate of drug-likeness (QED) is 0.0644. The number of carbonyl (C=O) groups is 2. The maximum Gasteiger partial charge on any atom is 0.229 e. The minimum Gasteiger partial charge on any atom is -0.389 e. The molecule has 0 aliphatic rings. The first-order chi connectivity index (χ1) is 20.3. The van der Waals surface area contributed by atoms with Gasteiger partial charge in [-0.2, -0.15) is 0 Å². The van der Waals surface area contributed by atoms with Crippen LogP contribution in [0.3, 0.4) is 0 Å². The topological polar surface area (TPSA) is 57.6 Å². The lowest BCUT2D eigenvalue weighted by Crippen LogP contribution is -2.45. The van der Waals surface area contributed by atoms with Crippen LogP contribution in [0.4, 0.5) is 0 Å². The summed E-state index contributed by atoms with van der Waals surface area (Å²) in [6.45, 7) is 7.97. The number of nitrogens with zero attached hydrogens (tertiary/aromatic N) is 1. The van der Waals surface area contributed by atoms with Crippen LogP contribution in [0, 0.1) is 0 Å². The summed E-state index contributed by atoms with van der Waals surface area (Å²) in [7, 11) is 0. The Morgan fingerprint density at radius 2 is 0.786 bits per heavy atom. The van der Waals surface area contributed by atoms with Crippen LogP contribution in [-0.4, -0.2) is 34.0 Å². The summed E-state index contributed by atoms with van der Waals surface area (Å²) in [5, 5.41) is 10.3. The number of allylic oxidation sites excluding steroid dienone is 2. The van der Waals surface area contributed by atoms with E-state index in [-0.39, 0.29) is 18.4 Å². The van der Waals surface area contributed by atoms with Gasteiger partial charge in [-0.25, -0.2) is 0 Å². The molecule has 4 nitrogen and oxygen atoms in total. The lowest BCUT2D eigenvalue weighted by molar-refractivity contribution is -0.148. The van der Waals surface area contributed by atoms with Gasteiger partial charge in [0.25, 0.3) is 0 Å². The fraction of sp³-hybridized carbons (Fsp3) is 0.895. The Kier molecular flexibility index (Phi) is 29.1. The van der Waals surface area contributed by atoms with Crippen molar-refractivity contribution in [2.24, 2.45) is 0 Å². The molecule has 0 heterocycles. The molecular formula is C38H73NO3. The van der Waals surface area contributed by atoms with E-state index in [1.807, 2.05) is 0 Å². The first-order valence-electron chi connectivity index (χ1n) is 18.5. The summed E-state index contributed by atoms with van der Waals surface area (Å²) < 4.78 is 0. The van der Waals surface area contributed by atoms with Gasteiger partial charge in [0.2, 0.25) is 11.8 Å². The highest BCUT2D eigenvalue weighted by atomic mass is 16.3. The molecule has 0 aromatic heterocycles. The number of hydrogen-bond acceptors (Lipinski definition) is 3. The largest absolute Gasteiger partial charge is 0.389 e. The van der Waals surface area contributed by atoms with Gasteiger partial charge >= 0.3 is 0 Å². The van der Waals surface area contributed by atoms with Crippen molar-refractivity contribution in [1.29, 1.82) is 0 Å². The third kappa shape index (κ3) is 28.9. The molecule has 0 unspecified atom stereocenters. The number of amides is 2. The molecule has 0 spiro atoms. The van der Waals surface area contributed by atoms with Crippen LogP contribution in [0.25, 0.3) is 0 Å². The fourth-order valence-corrected chi connectivity index (χ4v) is 5.61. The second-order valence-corrected chi connectivity index (χ2v) is 13.5. The number of rotatable bonds is 31. The van der Waals surface area contributed by atoms with E-state index in [4.69, 9.17) is 0 Å². The Balaban J connectivity index is 3.95. The van der Waals surface area contributed by atoms with E-state index in [1.54, 1.807) is 13.8 Å².